The van der Waals surface area contributed by atoms with E-state index >= 15 is 0 Å². The molecule has 0 saturated heterocycles. The zero-order valence-electron chi connectivity index (χ0n) is 19.5. The normalized spacial score (nSPS) is 27.4. The molecule has 0 radical (unpaired) electrons. The summed E-state index contributed by atoms with van der Waals surface area (Å²) >= 11 is 0. The Bertz CT molecular complexity index is 1140. The summed E-state index contributed by atoms with van der Waals surface area (Å²) in [6.07, 6.45) is 3.98. The molecule has 0 aliphatic heterocycles. The summed E-state index contributed by atoms with van der Waals surface area (Å²) in [7, 11) is 0. The van der Waals surface area contributed by atoms with Gasteiger partial charge in [-0.05, 0) is 72.6 Å². The Morgan fingerprint density at radius 3 is 2.17 bits per heavy atom. The first kappa shape index (κ1) is 22.1. The summed E-state index contributed by atoms with van der Waals surface area (Å²) < 4.78 is 5.73. The molecule has 0 aromatic heterocycles. The van der Waals surface area contributed by atoms with E-state index in [4.69, 9.17) is 4.74 Å². The van der Waals surface area contributed by atoms with Crippen LogP contribution in [0.3, 0.4) is 0 Å². The third kappa shape index (κ3) is 3.60. The first-order valence-corrected chi connectivity index (χ1v) is 12.6. The molecule has 0 spiro atoms. The number of benzene rings is 2. The van der Waals surface area contributed by atoms with Crippen molar-refractivity contribution in [1.29, 1.82) is 0 Å². The second-order valence-electron chi connectivity index (χ2n) is 10.6. The average Bonchev–Trinajstić information content (AvgIpc) is 3.52. The molecule has 3 saturated carbocycles. The minimum absolute atomic E-state index is 0.0266. The van der Waals surface area contributed by atoms with Gasteiger partial charge < -0.3 is 20.5 Å². The number of aliphatic carboxylic acids is 1. The summed E-state index contributed by atoms with van der Waals surface area (Å²) in [5, 5.41) is 15.4. The van der Waals surface area contributed by atoms with Gasteiger partial charge in [-0.15, -0.1) is 0 Å². The molecule has 4 aliphatic rings. The first-order valence-electron chi connectivity index (χ1n) is 12.6. The van der Waals surface area contributed by atoms with Crippen LogP contribution >= 0.6 is 0 Å². The lowest BCUT2D eigenvalue weighted by molar-refractivity contribution is -0.153. The summed E-state index contributed by atoms with van der Waals surface area (Å²) in [6.45, 7) is 0.222. The lowest BCUT2D eigenvalue weighted by atomic mass is 9.75. The number of hydrogen-bond donors (Lipinski definition) is 3. The van der Waals surface area contributed by atoms with Gasteiger partial charge in [-0.3, -0.25) is 4.79 Å². The van der Waals surface area contributed by atoms with Gasteiger partial charge in [0.05, 0.1) is 5.92 Å². The number of fused-ring (bicyclic) bond motifs is 5. The topological polar surface area (TPSA) is 105 Å². The Morgan fingerprint density at radius 2 is 1.57 bits per heavy atom. The third-order valence-electron chi connectivity index (χ3n) is 8.83. The predicted octanol–water partition coefficient (Wildman–Crippen LogP) is 4.06. The van der Waals surface area contributed by atoms with E-state index in [9.17, 15) is 19.5 Å². The van der Waals surface area contributed by atoms with E-state index in [-0.39, 0.29) is 36.3 Å². The molecule has 2 aromatic carbocycles. The molecule has 0 heterocycles. The van der Waals surface area contributed by atoms with Crippen LogP contribution in [0.4, 0.5) is 4.79 Å². The second-order valence-corrected chi connectivity index (χ2v) is 10.6. The van der Waals surface area contributed by atoms with Crippen molar-refractivity contribution in [1.82, 2.24) is 10.6 Å². The van der Waals surface area contributed by atoms with Crippen LogP contribution in [0.1, 0.15) is 55.6 Å². The zero-order valence-corrected chi connectivity index (χ0v) is 19.5. The number of nitrogens with one attached hydrogen (secondary N) is 2. The average molecular weight is 475 g/mol. The summed E-state index contributed by atoms with van der Waals surface area (Å²) in [4.78, 5) is 37.9. The summed E-state index contributed by atoms with van der Waals surface area (Å²) in [5.74, 6) is -1.26. The fourth-order valence-corrected chi connectivity index (χ4v) is 6.89. The lowest BCUT2D eigenvalue weighted by Crippen LogP contribution is -2.62. The third-order valence-corrected chi connectivity index (χ3v) is 8.83. The van der Waals surface area contributed by atoms with E-state index < -0.39 is 23.5 Å². The van der Waals surface area contributed by atoms with Gasteiger partial charge in [0.1, 0.15) is 12.1 Å². The maximum atomic E-state index is 13.2. The quantitative estimate of drug-likeness (QED) is 0.586. The Labute approximate surface area is 204 Å². The standard InChI is InChI=1S/C28H30N2O5/c31-25(30-28(26(32)33)12-5-13-28)23-16-10-11-17(14-16)24(23)29-27(34)35-15-22-20-8-3-1-6-18(20)19-7-2-4-9-21(19)22/h1-4,6-9,16-17,22-24H,5,10-15H2,(H,29,34)(H,30,31)(H,32,33). The van der Waals surface area contributed by atoms with Crippen molar-refractivity contribution in [3.05, 3.63) is 59.7 Å². The van der Waals surface area contributed by atoms with Crippen LogP contribution in [-0.2, 0) is 14.3 Å². The monoisotopic (exact) mass is 474 g/mol. The number of carboxylic acids is 1. The van der Waals surface area contributed by atoms with E-state index in [0.717, 1.165) is 36.8 Å². The smallest absolute Gasteiger partial charge is 0.407 e. The van der Waals surface area contributed by atoms with Crippen LogP contribution < -0.4 is 10.6 Å². The molecule has 7 nitrogen and oxygen atoms in total. The number of carboxylic acid groups (broad SMARTS) is 1. The van der Waals surface area contributed by atoms with Gasteiger partial charge in [0.2, 0.25) is 5.91 Å². The molecular weight excluding hydrogens is 444 g/mol. The highest BCUT2D eigenvalue weighted by molar-refractivity contribution is 5.90. The molecule has 2 aromatic rings. The van der Waals surface area contributed by atoms with Crippen molar-refractivity contribution in [3.63, 3.8) is 0 Å². The molecule has 2 amide bonds. The van der Waals surface area contributed by atoms with Crippen LogP contribution in [-0.4, -0.2) is 41.3 Å². The Hall–Kier alpha value is -3.35. The number of hydrogen-bond acceptors (Lipinski definition) is 4. The van der Waals surface area contributed by atoms with E-state index in [2.05, 4.69) is 34.9 Å². The molecule has 182 valence electrons. The maximum Gasteiger partial charge on any atom is 0.407 e. The Kier molecular flexibility index (Phi) is 5.31. The highest BCUT2D eigenvalue weighted by Crippen LogP contribution is 2.49. The largest absolute Gasteiger partial charge is 0.480 e. The van der Waals surface area contributed by atoms with E-state index in [1.807, 2.05) is 24.3 Å². The van der Waals surface area contributed by atoms with E-state index in [1.165, 1.54) is 11.1 Å². The molecule has 4 aliphatic carbocycles. The van der Waals surface area contributed by atoms with Crippen LogP contribution in [0.2, 0.25) is 0 Å². The van der Waals surface area contributed by atoms with Gasteiger partial charge in [-0.2, -0.15) is 0 Å². The van der Waals surface area contributed by atoms with Crippen LogP contribution in [0.5, 0.6) is 0 Å². The second kappa shape index (κ2) is 8.40. The molecule has 2 bridgehead atoms. The van der Waals surface area contributed by atoms with Crippen molar-refractivity contribution in [3.8, 4) is 11.1 Å². The predicted molar refractivity (Wildman–Crippen MR) is 129 cm³/mol. The molecule has 35 heavy (non-hydrogen) atoms. The number of ether oxygens (including phenoxy) is 1. The first-order chi connectivity index (χ1) is 17.0. The summed E-state index contributed by atoms with van der Waals surface area (Å²) in [6, 6.07) is 16.1. The molecule has 3 N–H and O–H groups in total. The Balaban J connectivity index is 1.13. The number of amides is 2. The van der Waals surface area contributed by atoms with Crippen molar-refractivity contribution < 1.29 is 24.2 Å². The van der Waals surface area contributed by atoms with Gasteiger partial charge in [0.15, 0.2) is 0 Å². The highest BCUT2D eigenvalue weighted by atomic mass is 16.5. The van der Waals surface area contributed by atoms with E-state index in [1.54, 1.807) is 0 Å². The van der Waals surface area contributed by atoms with Crippen molar-refractivity contribution >= 4 is 18.0 Å². The number of alkyl carbamates (subject to hydrolysis) is 1. The number of rotatable bonds is 6. The lowest BCUT2D eigenvalue weighted by Gasteiger charge is -2.40. The molecule has 7 heteroatoms. The van der Waals surface area contributed by atoms with Crippen LogP contribution in [0.15, 0.2) is 48.5 Å². The van der Waals surface area contributed by atoms with Gasteiger partial charge in [-0.1, -0.05) is 48.5 Å². The SMILES string of the molecule is O=C(NC1C2CCC(C2)C1C(=O)NC1(C(=O)O)CCC1)OCC1c2ccccc2-c2ccccc21. The molecule has 6 rings (SSSR count). The van der Waals surface area contributed by atoms with E-state index in [0.29, 0.717) is 12.8 Å². The fraction of sp³-hybridized carbons (Fsp3) is 0.464. The number of carbonyl (C=O) groups excluding carboxylic acids is 2. The van der Waals surface area contributed by atoms with Crippen LogP contribution in [0, 0.1) is 17.8 Å². The van der Waals surface area contributed by atoms with Gasteiger partial charge >= 0.3 is 12.1 Å². The molecule has 3 fully saturated rings. The highest BCUT2D eigenvalue weighted by Gasteiger charge is 2.54. The van der Waals surface area contributed by atoms with Crippen LogP contribution in [0.25, 0.3) is 11.1 Å². The molecular formula is C28H30N2O5. The van der Waals surface area contributed by atoms with Crippen molar-refractivity contribution in [2.24, 2.45) is 17.8 Å². The maximum absolute atomic E-state index is 13.2. The van der Waals surface area contributed by atoms with Gasteiger partial charge in [0.25, 0.3) is 0 Å². The fourth-order valence-electron chi connectivity index (χ4n) is 6.89. The Morgan fingerprint density at radius 1 is 0.943 bits per heavy atom. The zero-order chi connectivity index (χ0) is 24.2. The van der Waals surface area contributed by atoms with Gasteiger partial charge in [0, 0.05) is 12.0 Å². The van der Waals surface area contributed by atoms with Crippen molar-refractivity contribution in [2.75, 3.05) is 6.61 Å². The minimum Gasteiger partial charge on any atom is -0.480 e. The minimum atomic E-state index is -1.15. The van der Waals surface area contributed by atoms with Crippen molar-refractivity contribution in [2.45, 2.75) is 56.0 Å². The molecule has 4 unspecified atom stereocenters. The number of carbonyl (C=O) groups is 3. The van der Waals surface area contributed by atoms with Gasteiger partial charge in [-0.25, -0.2) is 9.59 Å². The summed E-state index contributed by atoms with van der Waals surface area (Å²) in [5.41, 5.74) is 3.50. The molecule has 4 atom stereocenters.